The van der Waals surface area contributed by atoms with E-state index < -0.39 is 0 Å². The highest BCUT2D eigenvalue weighted by molar-refractivity contribution is 7.27. The van der Waals surface area contributed by atoms with Gasteiger partial charge >= 0.3 is 0 Å². The summed E-state index contributed by atoms with van der Waals surface area (Å²) >= 11 is 0. The molecule has 1 unspecified atom stereocenters. The van der Waals surface area contributed by atoms with Crippen molar-refractivity contribution in [3.63, 3.8) is 0 Å². The molecule has 0 saturated carbocycles. The first kappa shape index (κ1) is 11.4. The van der Waals surface area contributed by atoms with E-state index in [1.165, 1.54) is 22.0 Å². The van der Waals surface area contributed by atoms with E-state index in [1.807, 2.05) is 0 Å². The van der Waals surface area contributed by atoms with Crippen molar-refractivity contribution in [2.45, 2.75) is 19.8 Å². The zero-order chi connectivity index (χ0) is 11.5. The maximum absolute atomic E-state index is 2.72. The minimum Gasteiger partial charge on any atom is -0.106 e. The van der Waals surface area contributed by atoms with Crippen molar-refractivity contribution in [1.82, 2.24) is 0 Å². The van der Waals surface area contributed by atoms with Gasteiger partial charge < -0.3 is 0 Å². The van der Waals surface area contributed by atoms with Crippen LogP contribution in [0.1, 0.15) is 25.3 Å². The molecule has 0 nitrogen and oxygen atoms in total. The van der Waals surface area contributed by atoms with E-state index in [0.29, 0.717) is 5.92 Å². The van der Waals surface area contributed by atoms with Gasteiger partial charge in [-0.2, -0.15) is 0 Å². The smallest absolute Gasteiger partial charge is 0.0149 e. The van der Waals surface area contributed by atoms with Crippen LogP contribution in [0.25, 0.3) is 11.1 Å². The fourth-order valence-corrected chi connectivity index (χ4v) is 2.12. The molecule has 1 heteroatoms. The highest BCUT2D eigenvalue weighted by Crippen LogP contribution is 2.28. The number of hydrogen-bond acceptors (Lipinski definition) is 0. The van der Waals surface area contributed by atoms with Crippen molar-refractivity contribution in [2.24, 2.45) is 0 Å². The van der Waals surface area contributed by atoms with Gasteiger partial charge in [-0.05, 0) is 27.9 Å². The third-order valence-electron chi connectivity index (χ3n) is 2.80. The third-order valence-corrected chi connectivity index (χ3v) is 3.19. The monoisotopic (exact) mass is 228 g/mol. The summed E-state index contributed by atoms with van der Waals surface area (Å²) < 4.78 is 0. The molecule has 0 aliphatic carbocycles. The van der Waals surface area contributed by atoms with Crippen molar-refractivity contribution >= 4 is 14.5 Å². The fourth-order valence-electron chi connectivity index (χ4n) is 1.93. The number of hydrogen-bond donors (Lipinski definition) is 0. The molecular formula is C15H17P. The molecule has 0 amide bonds. The number of rotatable bonds is 2. The minimum absolute atomic E-state index is 0.562. The number of benzene rings is 2. The van der Waals surface area contributed by atoms with Crippen LogP contribution in [0.3, 0.4) is 0 Å². The Labute approximate surface area is 99.9 Å². The average Bonchev–Trinajstić information content (AvgIpc) is 2.30. The van der Waals surface area contributed by atoms with E-state index in [9.17, 15) is 0 Å². The summed E-state index contributed by atoms with van der Waals surface area (Å²) in [6, 6.07) is 17.3. The van der Waals surface area contributed by atoms with Gasteiger partial charge in [0.05, 0.1) is 0 Å². The van der Waals surface area contributed by atoms with E-state index in [-0.39, 0.29) is 0 Å². The first-order valence-corrected chi connectivity index (χ1v) is 6.21. The summed E-state index contributed by atoms with van der Waals surface area (Å²) in [5.41, 5.74) is 4.07. The summed E-state index contributed by atoms with van der Waals surface area (Å²) in [6.07, 6.45) is 0. The Kier molecular flexibility index (Phi) is 3.41. The molecule has 0 heterocycles. The molecule has 0 spiro atoms. The highest BCUT2D eigenvalue weighted by atomic mass is 31.0. The molecule has 1 atom stereocenters. The van der Waals surface area contributed by atoms with Crippen molar-refractivity contribution in [2.75, 3.05) is 0 Å². The Hall–Kier alpha value is -1.13. The standard InChI is InChI=1S/C15H17P/c1-11(2)14-5-3-4-6-15(14)12-7-9-13(16)10-8-12/h3-11H,16H2,1-2H3. The predicted octanol–water partition coefficient (Wildman–Crippen LogP) is 3.98. The fraction of sp³-hybridized carbons (Fsp3) is 0.200. The second kappa shape index (κ2) is 4.80. The molecule has 0 N–H and O–H groups in total. The lowest BCUT2D eigenvalue weighted by atomic mass is 9.93. The van der Waals surface area contributed by atoms with Gasteiger partial charge in [0, 0.05) is 0 Å². The minimum atomic E-state index is 0.562. The topological polar surface area (TPSA) is 0 Å². The molecule has 0 radical (unpaired) electrons. The summed E-state index contributed by atoms with van der Waals surface area (Å²) in [7, 11) is 2.72. The first-order valence-electron chi connectivity index (χ1n) is 5.63. The largest absolute Gasteiger partial charge is 0.106 e. The Balaban J connectivity index is 2.51. The normalized spacial score (nSPS) is 10.8. The van der Waals surface area contributed by atoms with Crippen LogP contribution in [0.5, 0.6) is 0 Å². The van der Waals surface area contributed by atoms with Crippen LogP contribution in [0.15, 0.2) is 48.5 Å². The van der Waals surface area contributed by atoms with Crippen LogP contribution in [0, 0.1) is 0 Å². The van der Waals surface area contributed by atoms with Crippen LogP contribution in [0.4, 0.5) is 0 Å². The average molecular weight is 228 g/mol. The maximum atomic E-state index is 2.72. The van der Waals surface area contributed by atoms with E-state index in [0.717, 1.165) is 0 Å². The quantitative estimate of drug-likeness (QED) is 0.682. The lowest BCUT2D eigenvalue weighted by Crippen LogP contribution is -1.93. The zero-order valence-electron chi connectivity index (χ0n) is 9.77. The molecule has 2 rings (SSSR count). The highest BCUT2D eigenvalue weighted by Gasteiger charge is 2.06. The maximum Gasteiger partial charge on any atom is -0.0149 e. The summed E-state index contributed by atoms with van der Waals surface area (Å²) in [5, 5.41) is 1.23. The van der Waals surface area contributed by atoms with Crippen LogP contribution in [-0.4, -0.2) is 0 Å². The van der Waals surface area contributed by atoms with Crippen LogP contribution < -0.4 is 5.30 Å². The second-order valence-electron chi connectivity index (χ2n) is 4.36. The van der Waals surface area contributed by atoms with Gasteiger partial charge in [-0.3, -0.25) is 0 Å². The Bertz CT molecular complexity index is 469. The predicted molar refractivity (Wildman–Crippen MR) is 75.3 cm³/mol. The lowest BCUT2D eigenvalue weighted by molar-refractivity contribution is 0.869. The summed E-state index contributed by atoms with van der Waals surface area (Å²) in [4.78, 5) is 0. The summed E-state index contributed by atoms with van der Waals surface area (Å²) in [5.74, 6) is 0.562. The molecule has 82 valence electrons. The second-order valence-corrected chi connectivity index (χ2v) is 5.03. The van der Waals surface area contributed by atoms with Crippen molar-refractivity contribution in [3.05, 3.63) is 54.1 Å². The van der Waals surface area contributed by atoms with Gasteiger partial charge in [0.1, 0.15) is 0 Å². The Morgan fingerprint density at radius 3 is 2.12 bits per heavy atom. The van der Waals surface area contributed by atoms with Gasteiger partial charge in [-0.25, -0.2) is 0 Å². The van der Waals surface area contributed by atoms with Crippen LogP contribution in [0.2, 0.25) is 0 Å². The lowest BCUT2D eigenvalue weighted by Gasteiger charge is -2.12. The Morgan fingerprint density at radius 1 is 0.875 bits per heavy atom. The first-order chi connectivity index (χ1) is 7.68. The van der Waals surface area contributed by atoms with Gasteiger partial charge in [-0.1, -0.05) is 62.4 Å². The molecule has 0 fully saturated rings. The Morgan fingerprint density at radius 2 is 1.50 bits per heavy atom. The molecular weight excluding hydrogens is 211 g/mol. The van der Waals surface area contributed by atoms with Crippen LogP contribution in [-0.2, 0) is 0 Å². The molecule has 0 aliphatic heterocycles. The van der Waals surface area contributed by atoms with E-state index in [1.54, 1.807) is 0 Å². The van der Waals surface area contributed by atoms with E-state index in [2.05, 4.69) is 71.6 Å². The molecule has 0 aliphatic rings. The van der Waals surface area contributed by atoms with Gasteiger partial charge in [0.2, 0.25) is 0 Å². The van der Waals surface area contributed by atoms with Crippen LogP contribution >= 0.6 is 9.24 Å². The van der Waals surface area contributed by atoms with E-state index >= 15 is 0 Å². The van der Waals surface area contributed by atoms with Crippen molar-refractivity contribution in [3.8, 4) is 11.1 Å². The molecule has 0 saturated heterocycles. The molecule has 16 heavy (non-hydrogen) atoms. The summed E-state index contributed by atoms with van der Waals surface area (Å²) in [6.45, 7) is 4.48. The molecule has 0 aromatic heterocycles. The van der Waals surface area contributed by atoms with Gasteiger partial charge in [0.15, 0.2) is 0 Å². The van der Waals surface area contributed by atoms with Gasteiger partial charge in [0.25, 0.3) is 0 Å². The third kappa shape index (κ3) is 2.33. The molecule has 0 bridgehead atoms. The zero-order valence-corrected chi connectivity index (χ0v) is 10.9. The van der Waals surface area contributed by atoms with E-state index in [4.69, 9.17) is 0 Å². The van der Waals surface area contributed by atoms with Crippen molar-refractivity contribution < 1.29 is 0 Å². The molecule has 2 aromatic rings. The SMILES string of the molecule is CC(C)c1ccccc1-c1ccc(P)cc1. The van der Waals surface area contributed by atoms with Crippen molar-refractivity contribution in [1.29, 1.82) is 0 Å². The molecule has 2 aromatic carbocycles. The van der Waals surface area contributed by atoms with Gasteiger partial charge in [-0.15, -0.1) is 9.24 Å².